The van der Waals surface area contributed by atoms with Gasteiger partial charge >= 0.3 is 17.7 Å². The highest BCUT2D eigenvalue weighted by atomic mass is 32.2. The van der Waals surface area contributed by atoms with Gasteiger partial charge in [-0.05, 0) is 24.5 Å². The van der Waals surface area contributed by atoms with E-state index >= 15 is 0 Å². The lowest BCUT2D eigenvalue weighted by Gasteiger charge is -2.15. The van der Waals surface area contributed by atoms with E-state index in [1.165, 1.54) is 23.2 Å². The molecule has 0 saturated heterocycles. The first-order chi connectivity index (χ1) is 13.5. The molecule has 8 heteroatoms. The van der Waals surface area contributed by atoms with Gasteiger partial charge in [-0.15, -0.1) is 11.8 Å². The number of pyridine rings is 1. The Morgan fingerprint density at radius 1 is 1.39 bits per heavy atom. The average molecular weight is 396 g/mol. The molecule has 1 aromatic heterocycles. The summed E-state index contributed by atoms with van der Waals surface area (Å²) in [5, 5.41) is 14.0. The van der Waals surface area contributed by atoms with Crippen LogP contribution in [0.4, 0.5) is 0 Å². The number of thioether (sulfide) groups is 1. The number of benzene rings is 1. The molecule has 0 unspecified atom stereocenters. The van der Waals surface area contributed by atoms with Gasteiger partial charge in [-0.25, -0.2) is 4.79 Å². The molecule has 4 rings (SSSR count). The predicted octanol–water partition coefficient (Wildman–Crippen LogP) is 0.647. The van der Waals surface area contributed by atoms with Crippen LogP contribution in [0.2, 0.25) is 0 Å². The van der Waals surface area contributed by atoms with Gasteiger partial charge in [0.05, 0.1) is 4.75 Å². The van der Waals surface area contributed by atoms with Crippen molar-refractivity contribution in [1.82, 2.24) is 4.57 Å². The number of nitrogens with zero attached hydrogens (tertiary/aromatic N) is 3. The zero-order valence-corrected chi connectivity index (χ0v) is 16.0. The summed E-state index contributed by atoms with van der Waals surface area (Å²) >= 11 is 1.85. The summed E-state index contributed by atoms with van der Waals surface area (Å²) in [6.45, 7) is 0.452. The molecule has 0 radical (unpaired) electrons. The average Bonchev–Trinajstić information content (AvgIpc) is 3.48. The van der Waals surface area contributed by atoms with E-state index in [2.05, 4.69) is 27.9 Å². The Kier molecular flexibility index (Phi) is 4.69. The molecule has 0 spiro atoms. The fraction of sp³-hybridized carbons (Fsp3) is 0.300. The lowest BCUT2D eigenvalue weighted by Crippen LogP contribution is -2.47. The van der Waals surface area contributed by atoms with Crippen molar-refractivity contribution in [3.8, 4) is 0 Å². The van der Waals surface area contributed by atoms with Gasteiger partial charge in [-0.3, -0.25) is 4.79 Å². The maximum atomic E-state index is 12.3. The number of ether oxygens (including phenoxy) is 1. The van der Waals surface area contributed by atoms with Gasteiger partial charge in [0.25, 0.3) is 5.56 Å². The summed E-state index contributed by atoms with van der Waals surface area (Å²) in [6.07, 6.45) is 2.10. The minimum atomic E-state index is -1.29. The second-order valence-corrected chi connectivity index (χ2v) is 8.30. The van der Waals surface area contributed by atoms with Crippen LogP contribution in [0, 0.1) is 0 Å². The fourth-order valence-corrected chi connectivity index (χ4v) is 4.18. The first-order valence-corrected chi connectivity index (χ1v) is 9.80. The molecule has 2 heterocycles. The number of rotatable bonds is 7. The second-order valence-electron chi connectivity index (χ2n) is 6.85. The van der Waals surface area contributed by atoms with Crippen molar-refractivity contribution in [2.75, 3.05) is 6.61 Å². The lowest BCUT2D eigenvalue weighted by atomic mass is 10.2. The van der Waals surface area contributed by atoms with E-state index < -0.39 is 11.5 Å². The molecule has 1 aliphatic heterocycles. The standard InChI is InChI=1S/C20H17N3O4S/c1-23-16-14(9-15(18(23)24)19(25)26)10-21-22-17(16)27-12-20(7-8-20)28-11-13-5-3-2-4-6-13/h2-6,9H,7-8,11-12H2,1H3/p+1. The van der Waals surface area contributed by atoms with Crippen LogP contribution >= 0.6 is 11.8 Å². The molecule has 2 aromatic rings. The number of carbonyl (C=O) groups is 1. The van der Waals surface area contributed by atoms with Crippen LogP contribution < -0.4 is 16.1 Å². The van der Waals surface area contributed by atoms with Crippen molar-refractivity contribution >= 4 is 29.5 Å². The molecule has 28 heavy (non-hydrogen) atoms. The Morgan fingerprint density at radius 2 is 2.14 bits per heavy atom. The summed E-state index contributed by atoms with van der Waals surface area (Å²) < 4.78 is 7.21. The topological polar surface area (TPSA) is 95.0 Å². The summed E-state index contributed by atoms with van der Waals surface area (Å²) in [6, 6.07) is 11.5. The van der Waals surface area contributed by atoms with Crippen LogP contribution in [-0.4, -0.2) is 37.7 Å². The van der Waals surface area contributed by atoms with Gasteiger partial charge in [-0.1, -0.05) is 30.3 Å². The third kappa shape index (κ3) is 3.53. The maximum absolute atomic E-state index is 12.3. The van der Waals surface area contributed by atoms with Crippen molar-refractivity contribution in [1.29, 1.82) is 0 Å². The highest BCUT2D eigenvalue weighted by molar-refractivity contribution is 8.00. The Labute approximate surface area is 164 Å². The molecule has 0 bridgehead atoms. The van der Waals surface area contributed by atoms with Gasteiger partial charge in [0.15, 0.2) is 5.11 Å². The van der Waals surface area contributed by atoms with E-state index in [-0.39, 0.29) is 16.2 Å². The third-order valence-corrected chi connectivity index (χ3v) is 6.44. The predicted molar refractivity (Wildman–Crippen MR) is 104 cm³/mol. The first-order valence-electron chi connectivity index (χ1n) is 8.81. The van der Waals surface area contributed by atoms with E-state index in [1.807, 2.05) is 30.0 Å². The van der Waals surface area contributed by atoms with Crippen LogP contribution in [0.5, 0.6) is 0 Å². The molecule has 1 aliphatic carbocycles. The van der Waals surface area contributed by atoms with Crippen molar-refractivity contribution < 1.29 is 19.4 Å². The number of aromatic nitrogens is 1. The molecule has 0 atom stereocenters. The molecule has 142 valence electrons. The Balaban J connectivity index is 1.57. The molecular weight excluding hydrogens is 378 g/mol. The van der Waals surface area contributed by atoms with Gasteiger partial charge in [0, 0.05) is 12.8 Å². The smallest absolute Gasteiger partial charge is 0.363 e. The van der Waals surface area contributed by atoms with Crippen LogP contribution in [0.15, 0.2) is 46.3 Å². The van der Waals surface area contributed by atoms with Gasteiger partial charge in [0.2, 0.25) is 0 Å². The molecule has 2 aliphatic rings. The van der Waals surface area contributed by atoms with Crippen molar-refractivity contribution in [2.45, 2.75) is 23.3 Å². The molecule has 7 nitrogen and oxygen atoms in total. The number of carboxylic acid groups (broad SMARTS) is 1. The normalized spacial score (nSPS) is 15.7. The number of aromatic carboxylic acids is 1. The maximum Gasteiger partial charge on any atom is 0.363 e. The third-order valence-electron chi connectivity index (χ3n) is 4.83. The summed E-state index contributed by atoms with van der Waals surface area (Å²) in [5.74, 6) is 2.48. The van der Waals surface area contributed by atoms with Crippen LogP contribution in [0.1, 0.15) is 28.8 Å². The number of fused-ring (bicyclic) bond motifs is 1. The molecular formula is C20H18N3O4S+. The van der Waals surface area contributed by atoms with E-state index in [1.54, 1.807) is 0 Å². The summed E-state index contributed by atoms with van der Waals surface area (Å²) in [4.78, 5) is 27.4. The Hall–Kier alpha value is -3.05. The van der Waals surface area contributed by atoms with E-state index in [0.29, 0.717) is 17.2 Å². The highest BCUT2D eigenvalue weighted by Gasteiger charge is 2.44. The van der Waals surface area contributed by atoms with Crippen molar-refractivity contribution in [3.05, 3.63) is 68.4 Å². The Bertz CT molecular complexity index is 1200. The van der Waals surface area contributed by atoms with E-state index in [4.69, 9.17) is 4.74 Å². The van der Waals surface area contributed by atoms with Gasteiger partial charge in [0.1, 0.15) is 27.5 Å². The molecule has 1 saturated carbocycles. The van der Waals surface area contributed by atoms with Crippen LogP contribution in [-0.2, 0) is 17.5 Å². The van der Waals surface area contributed by atoms with Gasteiger partial charge in [-0.2, -0.15) is 0 Å². The van der Waals surface area contributed by atoms with Crippen molar-refractivity contribution in [2.24, 2.45) is 12.2 Å². The minimum absolute atomic E-state index is 0.0310. The van der Waals surface area contributed by atoms with Crippen LogP contribution in [0.25, 0.3) is 5.88 Å². The van der Waals surface area contributed by atoms with Crippen molar-refractivity contribution in [3.63, 3.8) is 0 Å². The quantitative estimate of drug-likeness (QED) is 0.694. The number of hydrogen-bond acceptors (Lipinski definition) is 5. The monoisotopic (exact) mass is 396 g/mol. The minimum Gasteiger partial charge on any atom is -0.477 e. The summed E-state index contributed by atoms with van der Waals surface area (Å²) in [7, 11) is 1.50. The van der Waals surface area contributed by atoms with E-state index in [9.17, 15) is 14.7 Å². The number of carboxylic acids is 1. The number of hydrogen-bond donors (Lipinski definition) is 1. The Morgan fingerprint density at radius 3 is 2.82 bits per heavy atom. The lowest BCUT2D eigenvalue weighted by molar-refractivity contribution is -0.0757. The fourth-order valence-electron chi connectivity index (χ4n) is 2.98. The SMILES string of the molecule is Cn1c(=O)c(C(=O)O)cc2c1=C(OCC1(SCc3ccccc3)CC1)N=[N+]=C=2. The van der Waals surface area contributed by atoms with Crippen LogP contribution in [0.3, 0.4) is 0 Å². The molecule has 1 fully saturated rings. The first kappa shape index (κ1) is 18.3. The second kappa shape index (κ2) is 7.17. The van der Waals surface area contributed by atoms with E-state index in [0.717, 1.165) is 18.6 Å². The zero-order chi connectivity index (χ0) is 19.7. The zero-order valence-electron chi connectivity index (χ0n) is 15.2. The highest BCUT2D eigenvalue weighted by Crippen LogP contribution is 2.50. The molecule has 1 N–H and O–H groups in total. The summed E-state index contributed by atoms with van der Waals surface area (Å²) in [5.41, 5.74) is 0.315. The molecule has 0 amide bonds. The largest absolute Gasteiger partial charge is 0.477 e. The molecule has 1 aromatic carbocycles. The van der Waals surface area contributed by atoms with Gasteiger partial charge < -0.3 is 14.4 Å².